The monoisotopic (exact) mass is 360 g/mol. The molecule has 0 bridgehead atoms. The highest BCUT2D eigenvalue weighted by molar-refractivity contribution is 6.46. The van der Waals surface area contributed by atoms with Crippen molar-refractivity contribution in [3.8, 4) is 5.69 Å². The van der Waals surface area contributed by atoms with E-state index < -0.39 is 11.7 Å². The van der Waals surface area contributed by atoms with Gasteiger partial charge >= 0.3 is 0 Å². The first kappa shape index (κ1) is 18.6. The summed E-state index contributed by atoms with van der Waals surface area (Å²) < 4.78 is 2.02. The van der Waals surface area contributed by atoms with E-state index in [0.29, 0.717) is 11.3 Å². The zero-order valence-electron chi connectivity index (χ0n) is 16.4. The summed E-state index contributed by atoms with van der Waals surface area (Å²) in [6, 6.07) is 15.5. The van der Waals surface area contributed by atoms with Crippen LogP contribution < -0.4 is 5.32 Å². The Labute approximate surface area is 159 Å². The molecule has 1 aromatic heterocycles. The Morgan fingerprint density at radius 1 is 0.852 bits per heavy atom. The SMILES string of the molecule is Cc1cc(C)cc(-n2c(C)cc(C(=O)C(=O)Nc3ccccc3C)c2C)c1. The van der Waals surface area contributed by atoms with E-state index in [9.17, 15) is 9.59 Å². The number of rotatable bonds is 4. The molecular weight excluding hydrogens is 336 g/mol. The third kappa shape index (κ3) is 3.70. The number of para-hydroxylation sites is 1. The molecule has 4 heteroatoms. The Bertz CT molecular complexity index is 1020. The highest BCUT2D eigenvalue weighted by atomic mass is 16.2. The molecule has 1 N–H and O–H groups in total. The van der Waals surface area contributed by atoms with E-state index >= 15 is 0 Å². The average molecular weight is 360 g/mol. The minimum absolute atomic E-state index is 0.428. The number of carbonyl (C=O) groups excluding carboxylic acids is 2. The molecule has 4 nitrogen and oxygen atoms in total. The maximum atomic E-state index is 12.8. The minimum atomic E-state index is -0.620. The van der Waals surface area contributed by atoms with Gasteiger partial charge in [-0.2, -0.15) is 0 Å². The van der Waals surface area contributed by atoms with Crippen LogP contribution in [0.3, 0.4) is 0 Å². The standard InChI is InChI=1S/C23H24N2O2/c1-14-10-15(2)12-19(11-14)25-17(4)13-20(18(25)5)22(26)23(27)24-21-9-7-6-8-16(21)3/h6-13H,1-5H3,(H,24,27). The van der Waals surface area contributed by atoms with E-state index in [1.54, 1.807) is 12.1 Å². The number of carbonyl (C=O) groups is 2. The van der Waals surface area contributed by atoms with Gasteiger partial charge in [0.2, 0.25) is 0 Å². The average Bonchev–Trinajstić information content (AvgIpc) is 2.89. The van der Waals surface area contributed by atoms with E-state index in [2.05, 4.69) is 23.5 Å². The number of amides is 1. The van der Waals surface area contributed by atoms with Crippen molar-refractivity contribution in [2.75, 3.05) is 5.32 Å². The van der Waals surface area contributed by atoms with Crippen molar-refractivity contribution in [2.24, 2.45) is 0 Å². The zero-order chi connectivity index (χ0) is 19.7. The summed E-state index contributed by atoms with van der Waals surface area (Å²) in [6.45, 7) is 9.81. The molecule has 0 aliphatic carbocycles. The number of anilines is 1. The molecule has 27 heavy (non-hydrogen) atoms. The van der Waals surface area contributed by atoms with Gasteiger partial charge in [0.05, 0.1) is 0 Å². The van der Waals surface area contributed by atoms with Crippen LogP contribution in [-0.2, 0) is 4.79 Å². The summed E-state index contributed by atoms with van der Waals surface area (Å²) in [5.74, 6) is -1.15. The number of hydrogen-bond acceptors (Lipinski definition) is 2. The first-order chi connectivity index (χ1) is 12.8. The van der Waals surface area contributed by atoms with Crippen LogP contribution in [0, 0.1) is 34.6 Å². The quantitative estimate of drug-likeness (QED) is 0.534. The van der Waals surface area contributed by atoms with Gasteiger partial charge in [0.15, 0.2) is 0 Å². The van der Waals surface area contributed by atoms with E-state index in [1.165, 1.54) is 0 Å². The number of aromatic nitrogens is 1. The van der Waals surface area contributed by atoms with Gasteiger partial charge < -0.3 is 9.88 Å². The van der Waals surface area contributed by atoms with Crippen LogP contribution in [0.5, 0.6) is 0 Å². The number of hydrogen-bond donors (Lipinski definition) is 1. The summed E-state index contributed by atoms with van der Waals surface area (Å²) in [7, 11) is 0. The predicted octanol–water partition coefficient (Wildman–Crippen LogP) is 4.84. The van der Waals surface area contributed by atoms with Crippen molar-refractivity contribution in [3.05, 3.63) is 82.2 Å². The van der Waals surface area contributed by atoms with Crippen molar-refractivity contribution >= 4 is 17.4 Å². The summed E-state index contributed by atoms with van der Waals surface area (Å²) >= 11 is 0. The van der Waals surface area contributed by atoms with Crippen LogP contribution in [0.4, 0.5) is 5.69 Å². The molecule has 3 aromatic rings. The first-order valence-electron chi connectivity index (χ1n) is 8.97. The molecule has 1 heterocycles. The van der Waals surface area contributed by atoms with E-state index in [-0.39, 0.29) is 0 Å². The highest BCUT2D eigenvalue weighted by Crippen LogP contribution is 2.23. The van der Waals surface area contributed by atoms with Crippen molar-refractivity contribution in [1.82, 2.24) is 4.57 Å². The second-order valence-corrected chi connectivity index (χ2v) is 7.06. The van der Waals surface area contributed by atoms with Crippen molar-refractivity contribution in [2.45, 2.75) is 34.6 Å². The summed E-state index contributed by atoms with van der Waals surface area (Å²) in [4.78, 5) is 25.3. The van der Waals surface area contributed by atoms with Crippen molar-refractivity contribution in [1.29, 1.82) is 0 Å². The largest absolute Gasteiger partial charge is 0.319 e. The Hall–Kier alpha value is -3.14. The van der Waals surface area contributed by atoms with E-state index in [1.807, 2.05) is 57.4 Å². The van der Waals surface area contributed by atoms with Gasteiger partial charge in [0, 0.05) is 28.3 Å². The van der Waals surface area contributed by atoms with E-state index in [4.69, 9.17) is 0 Å². The number of benzene rings is 2. The second kappa shape index (κ2) is 7.23. The molecule has 1 amide bonds. The summed E-state index contributed by atoms with van der Waals surface area (Å²) in [5.41, 5.74) is 6.99. The molecule has 0 aliphatic rings. The molecule has 0 fully saturated rings. The fraction of sp³-hybridized carbons (Fsp3) is 0.217. The number of ketones is 1. The van der Waals surface area contributed by atoms with Gasteiger partial charge in [-0.15, -0.1) is 0 Å². The lowest BCUT2D eigenvalue weighted by Crippen LogP contribution is -2.23. The van der Waals surface area contributed by atoms with Crippen LogP contribution in [0.1, 0.15) is 38.4 Å². The smallest absolute Gasteiger partial charge is 0.296 e. The fourth-order valence-corrected chi connectivity index (χ4v) is 3.48. The number of nitrogens with one attached hydrogen (secondary N) is 1. The fourth-order valence-electron chi connectivity index (χ4n) is 3.48. The Morgan fingerprint density at radius 3 is 2.11 bits per heavy atom. The predicted molar refractivity (Wildman–Crippen MR) is 109 cm³/mol. The van der Waals surface area contributed by atoms with Crippen molar-refractivity contribution in [3.63, 3.8) is 0 Å². The third-order valence-electron chi connectivity index (χ3n) is 4.74. The summed E-state index contributed by atoms with van der Waals surface area (Å²) in [5, 5.41) is 2.72. The van der Waals surface area contributed by atoms with Gasteiger partial charge in [-0.3, -0.25) is 9.59 Å². The molecule has 3 rings (SSSR count). The minimum Gasteiger partial charge on any atom is -0.319 e. The normalized spacial score (nSPS) is 10.7. The molecule has 138 valence electrons. The van der Waals surface area contributed by atoms with Crippen LogP contribution in [0.2, 0.25) is 0 Å². The van der Waals surface area contributed by atoms with Gasteiger partial charge in [0.1, 0.15) is 0 Å². The molecule has 0 unspecified atom stereocenters. The molecular formula is C23H24N2O2. The lowest BCUT2D eigenvalue weighted by atomic mass is 10.1. The topological polar surface area (TPSA) is 51.1 Å². The molecule has 0 atom stereocenters. The number of Topliss-reactive ketones (excluding diaryl/α,β-unsaturated/α-hetero) is 1. The Kier molecular flexibility index (Phi) is 5.00. The van der Waals surface area contributed by atoms with Crippen LogP contribution in [0.15, 0.2) is 48.5 Å². The van der Waals surface area contributed by atoms with Gasteiger partial charge in [0.25, 0.3) is 11.7 Å². The molecule has 0 saturated carbocycles. The number of aryl methyl sites for hydroxylation is 4. The lowest BCUT2D eigenvalue weighted by Gasteiger charge is -2.12. The Balaban J connectivity index is 1.95. The van der Waals surface area contributed by atoms with Crippen LogP contribution >= 0.6 is 0 Å². The summed E-state index contributed by atoms with van der Waals surface area (Å²) in [6.07, 6.45) is 0. The molecule has 0 spiro atoms. The molecule has 0 radical (unpaired) electrons. The van der Waals surface area contributed by atoms with Gasteiger partial charge in [-0.05, 0) is 75.6 Å². The van der Waals surface area contributed by atoms with Crippen LogP contribution in [0.25, 0.3) is 5.69 Å². The Morgan fingerprint density at radius 2 is 1.48 bits per heavy atom. The maximum absolute atomic E-state index is 12.8. The lowest BCUT2D eigenvalue weighted by molar-refractivity contribution is -0.112. The molecule has 0 saturated heterocycles. The van der Waals surface area contributed by atoms with Gasteiger partial charge in [-0.25, -0.2) is 0 Å². The first-order valence-corrected chi connectivity index (χ1v) is 8.97. The highest BCUT2D eigenvalue weighted by Gasteiger charge is 2.23. The maximum Gasteiger partial charge on any atom is 0.296 e. The zero-order valence-corrected chi connectivity index (χ0v) is 16.4. The third-order valence-corrected chi connectivity index (χ3v) is 4.74. The van der Waals surface area contributed by atoms with Gasteiger partial charge in [-0.1, -0.05) is 24.3 Å². The second-order valence-electron chi connectivity index (χ2n) is 7.06. The molecule has 2 aromatic carbocycles. The van der Waals surface area contributed by atoms with Crippen molar-refractivity contribution < 1.29 is 9.59 Å². The van der Waals surface area contributed by atoms with Crippen LogP contribution in [-0.4, -0.2) is 16.3 Å². The number of nitrogens with zero attached hydrogens (tertiary/aromatic N) is 1. The van der Waals surface area contributed by atoms with E-state index in [0.717, 1.165) is 33.8 Å². The molecule has 0 aliphatic heterocycles.